The molecule has 0 aliphatic heterocycles. The number of aliphatic hydroxyl groups is 1. The molecule has 0 rings (SSSR count). The Labute approximate surface area is 36.8 Å². The normalized spacial score (nSPS) is 7.33. The maximum Gasteiger partial charge on any atom is 0.106 e. The molecule has 0 aromatic heterocycles. The monoisotopic (exact) mass is 85.1 g/mol. The highest BCUT2D eigenvalue weighted by Crippen LogP contribution is 1.77. The Kier molecular flexibility index (Phi) is 2.13. The Hall–Kier alpha value is -0.790. The van der Waals surface area contributed by atoms with Gasteiger partial charge in [0.1, 0.15) is 5.76 Å². The van der Waals surface area contributed by atoms with E-state index in [4.69, 9.17) is 5.11 Å². The third-order valence-corrected chi connectivity index (χ3v) is 0.294. The summed E-state index contributed by atoms with van der Waals surface area (Å²) in [7, 11) is 0. The minimum absolute atomic E-state index is 0.0602. The van der Waals surface area contributed by atoms with Crippen LogP contribution in [0.5, 0.6) is 0 Å². The van der Waals surface area contributed by atoms with Gasteiger partial charge in [-0.3, -0.25) is 4.99 Å². The lowest BCUT2D eigenvalue weighted by Gasteiger charge is -1.82. The fourth-order valence-corrected chi connectivity index (χ4v) is 0.129. The van der Waals surface area contributed by atoms with Crippen LogP contribution in [0.2, 0.25) is 0 Å². The molecule has 0 bridgehead atoms. The number of nitrogens with zero attached hydrogens (tertiary/aromatic N) is 1. The Bertz CT molecular complexity index is 67.9. The molecule has 0 aliphatic rings. The summed E-state index contributed by atoms with van der Waals surface area (Å²) in [5, 5.41) is 8.22. The zero-order chi connectivity index (χ0) is 4.99. The van der Waals surface area contributed by atoms with Gasteiger partial charge >= 0.3 is 0 Å². The van der Waals surface area contributed by atoms with Crippen LogP contribution in [0.1, 0.15) is 0 Å². The molecule has 0 radical (unpaired) electrons. The molecular formula is C4H7NO. The minimum Gasteiger partial charge on any atom is -0.511 e. The van der Waals surface area contributed by atoms with Crippen molar-refractivity contribution in [2.45, 2.75) is 0 Å². The molecule has 0 atom stereocenters. The van der Waals surface area contributed by atoms with E-state index in [1.165, 1.54) is 0 Å². The molecule has 1 N–H and O–H groups in total. The van der Waals surface area contributed by atoms with E-state index in [0.29, 0.717) is 0 Å². The average Bonchev–Trinajstić information content (AvgIpc) is 1.35. The fraction of sp³-hybridized carbons (Fsp3) is 0.250. The third kappa shape index (κ3) is 3.21. The Morgan fingerprint density at radius 2 is 2.33 bits per heavy atom. The average molecular weight is 85.1 g/mol. The molecule has 0 amide bonds. The van der Waals surface area contributed by atoms with Crippen molar-refractivity contribution in [2.75, 3.05) is 6.54 Å². The van der Waals surface area contributed by atoms with Crippen molar-refractivity contribution >= 4 is 6.72 Å². The number of rotatable bonds is 2. The lowest BCUT2D eigenvalue weighted by molar-refractivity contribution is 0.407. The first-order chi connectivity index (χ1) is 2.77. The predicted octanol–water partition coefficient (Wildman–Crippen LogP) is 0.759. The van der Waals surface area contributed by atoms with E-state index in [0.717, 1.165) is 0 Å². The first kappa shape index (κ1) is 5.21. The second-order valence-corrected chi connectivity index (χ2v) is 0.948. The smallest absolute Gasteiger partial charge is 0.106 e. The van der Waals surface area contributed by atoms with Gasteiger partial charge in [0, 0.05) is 0 Å². The van der Waals surface area contributed by atoms with Crippen molar-refractivity contribution in [1.29, 1.82) is 0 Å². The Morgan fingerprint density at radius 1 is 1.83 bits per heavy atom. The van der Waals surface area contributed by atoms with E-state index < -0.39 is 0 Å². The summed E-state index contributed by atoms with van der Waals surface area (Å²) in [4.78, 5) is 3.34. The van der Waals surface area contributed by atoms with Crippen LogP contribution in [-0.2, 0) is 0 Å². The van der Waals surface area contributed by atoms with E-state index in [9.17, 15) is 0 Å². The van der Waals surface area contributed by atoms with Crippen LogP contribution in [0.3, 0.4) is 0 Å². The van der Waals surface area contributed by atoms with Gasteiger partial charge in [-0.05, 0) is 6.72 Å². The molecule has 2 nitrogen and oxygen atoms in total. The summed E-state index contributed by atoms with van der Waals surface area (Å²) in [6.07, 6.45) is 0. The minimum atomic E-state index is 0.0602. The molecule has 0 fully saturated rings. The highest BCUT2D eigenvalue weighted by Gasteiger charge is 1.75. The molecular weight excluding hydrogens is 78.0 g/mol. The van der Waals surface area contributed by atoms with Gasteiger partial charge in [0.15, 0.2) is 0 Å². The Morgan fingerprint density at radius 3 is 2.33 bits per heavy atom. The van der Waals surface area contributed by atoms with Crippen molar-refractivity contribution in [1.82, 2.24) is 0 Å². The van der Waals surface area contributed by atoms with Crippen LogP contribution in [0, 0.1) is 0 Å². The maximum absolute atomic E-state index is 8.22. The molecule has 34 valence electrons. The molecule has 6 heavy (non-hydrogen) atoms. The molecule has 0 aliphatic carbocycles. The summed E-state index contributed by atoms with van der Waals surface area (Å²) in [5.74, 6) is 0.0602. The van der Waals surface area contributed by atoms with Crippen LogP contribution in [-0.4, -0.2) is 18.4 Å². The maximum atomic E-state index is 8.22. The summed E-state index contributed by atoms with van der Waals surface area (Å²) in [5.41, 5.74) is 0. The van der Waals surface area contributed by atoms with E-state index >= 15 is 0 Å². The predicted molar refractivity (Wildman–Crippen MR) is 26.2 cm³/mol. The lowest BCUT2D eigenvalue weighted by Crippen LogP contribution is -1.79. The van der Waals surface area contributed by atoms with Gasteiger partial charge in [-0.15, -0.1) is 0 Å². The van der Waals surface area contributed by atoms with Crippen LogP contribution in [0.15, 0.2) is 17.3 Å². The number of aliphatic imine (C=N–C) groups is 1. The molecule has 0 heterocycles. The van der Waals surface area contributed by atoms with Crippen molar-refractivity contribution in [3.05, 3.63) is 12.3 Å². The SMILES string of the molecule is C=NCC(=C)O. The van der Waals surface area contributed by atoms with Crippen LogP contribution in [0.25, 0.3) is 0 Å². The standard InChI is InChI=1S/C4H7NO/c1-4(6)3-5-2/h6H,1-3H2. The largest absolute Gasteiger partial charge is 0.511 e. The summed E-state index contributed by atoms with van der Waals surface area (Å²) >= 11 is 0. The quantitative estimate of drug-likeness (QED) is 0.389. The van der Waals surface area contributed by atoms with E-state index in [-0.39, 0.29) is 12.3 Å². The summed E-state index contributed by atoms with van der Waals surface area (Å²) < 4.78 is 0. The molecule has 0 saturated heterocycles. The third-order valence-electron chi connectivity index (χ3n) is 0.294. The topological polar surface area (TPSA) is 32.6 Å². The van der Waals surface area contributed by atoms with E-state index in [2.05, 4.69) is 18.3 Å². The highest BCUT2D eigenvalue weighted by molar-refractivity contribution is 5.24. The van der Waals surface area contributed by atoms with Gasteiger partial charge in [-0.1, -0.05) is 6.58 Å². The number of hydrogen-bond donors (Lipinski definition) is 1. The van der Waals surface area contributed by atoms with Gasteiger partial charge in [0.2, 0.25) is 0 Å². The summed E-state index contributed by atoms with van der Waals surface area (Å²) in [6.45, 7) is 6.55. The first-order valence-corrected chi connectivity index (χ1v) is 1.56. The molecule has 2 heteroatoms. The summed E-state index contributed by atoms with van der Waals surface area (Å²) in [6, 6.07) is 0. The van der Waals surface area contributed by atoms with Crippen LogP contribution >= 0.6 is 0 Å². The van der Waals surface area contributed by atoms with Gasteiger partial charge in [-0.25, -0.2) is 0 Å². The zero-order valence-corrected chi connectivity index (χ0v) is 3.52. The fourth-order valence-electron chi connectivity index (χ4n) is 0.129. The molecule has 0 aromatic carbocycles. The van der Waals surface area contributed by atoms with Crippen molar-refractivity contribution < 1.29 is 5.11 Å². The number of hydrogen-bond acceptors (Lipinski definition) is 2. The van der Waals surface area contributed by atoms with Crippen LogP contribution < -0.4 is 0 Å². The van der Waals surface area contributed by atoms with Crippen molar-refractivity contribution in [3.63, 3.8) is 0 Å². The Balaban J connectivity index is 3.05. The molecule has 0 unspecified atom stereocenters. The van der Waals surface area contributed by atoms with E-state index in [1.54, 1.807) is 0 Å². The zero-order valence-electron chi connectivity index (χ0n) is 3.52. The second kappa shape index (κ2) is 2.45. The first-order valence-electron chi connectivity index (χ1n) is 1.56. The number of aliphatic hydroxyl groups excluding tert-OH is 1. The van der Waals surface area contributed by atoms with Gasteiger partial charge < -0.3 is 5.11 Å². The second-order valence-electron chi connectivity index (χ2n) is 0.948. The molecule has 0 spiro atoms. The van der Waals surface area contributed by atoms with E-state index in [1.807, 2.05) is 0 Å². The molecule has 0 aromatic rings. The molecule has 0 saturated carbocycles. The van der Waals surface area contributed by atoms with Crippen molar-refractivity contribution in [2.24, 2.45) is 4.99 Å². The van der Waals surface area contributed by atoms with Gasteiger partial charge in [0.05, 0.1) is 6.54 Å². The lowest BCUT2D eigenvalue weighted by atomic mass is 10.6. The van der Waals surface area contributed by atoms with Crippen molar-refractivity contribution in [3.8, 4) is 0 Å². The highest BCUT2D eigenvalue weighted by atomic mass is 16.3. The van der Waals surface area contributed by atoms with Gasteiger partial charge in [0.25, 0.3) is 0 Å². The van der Waals surface area contributed by atoms with Gasteiger partial charge in [-0.2, -0.15) is 0 Å². The van der Waals surface area contributed by atoms with Crippen LogP contribution in [0.4, 0.5) is 0 Å².